The maximum atomic E-state index is 5.20. The van der Waals surface area contributed by atoms with Gasteiger partial charge in [0, 0.05) is 33.2 Å². The number of rotatable bonds is 5. The standard InChI is InChI=1S/C40H27N3/c1-5-14-28(15-6-1)31-24-25-37-34(26-31)39-33(22-13-23-38(39)43(37)32-20-11-4-12-21-32)40-41-35(29-16-7-2-8-17-29)27-36(42-40)30-18-9-3-10-19-30/h1-27H. The topological polar surface area (TPSA) is 30.7 Å². The minimum atomic E-state index is 0.711. The van der Waals surface area contributed by atoms with E-state index >= 15 is 0 Å². The van der Waals surface area contributed by atoms with E-state index in [1.807, 2.05) is 12.1 Å². The van der Waals surface area contributed by atoms with Crippen LogP contribution in [0.15, 0.2) is 164 Å². The van der Waals surface area contributed by atoms with Crippen molar-refractivity contribution >= 4 is 21.8 Å². The number of fused-ring (bicyclic) bond motifs is 3. The Morgan fingerprint density at radius 3 is 1.56 bits per heavy atom. The largest absolute Gasteiger partial charge is 0.309 e. The highest BCUT2D eigenvalue weighted by molar-refractivity contribution is 6.16. The van der Waals surface area contributed by atoms with E-state index < -0.39 is 0 Å². The molecule has 0 atom stereocenters. The molecule has 0 radical (unpaired) electrons. The maximum Gasteiger partial charge on any atom is 0.161 e. The second kappa shape index (κ2) is 10.6. The Morgan fingerprint density at radius 1 is 0.395 bits per heavy atom. The van der Waals surface area contributed by atoms with Gasteiger partial charge in [0.2, 0.25) is 0 Å². The van der Waals surface area contributed by atoms with Crippen LogP contribution < -0.4 is 0 Å². The first kappa shape index (κ1) is 25.0. The van der Waals surface area contributed by atoms with E-state index in [2.05, 4.69) is 156 Å². The summed E-state index contributed by atoms with van der Waals surface area (Å²) in [5.74, 6) is 0.711. The summed E-state index contributed by atoms with van der Waals surface area (Å²) in [6.45, 7) is 0. The molecular formula is C40H27N3. The fraction of sp³-hybridized carbons (Fsp3) is 0. The van der Waals surface area contributed by atoms with Crippen LogP contribution in [0.4, 0.5) is 0 Å². The number of hydrogen-bond donors (Lipinski definition) is 0. The summed E-state index contributed by atoms with van der Waals surface area (Å²) in [6.07, 6.45) is 0. The molecule has 0 saturated carbocycles. The van der Waals surface area contributed by atoms with Crippen LogP contribution in [-0.4, -0.2) is 14.5 Å². The molecule has 0 aliphatic carbocycles. The van der Waals surface area contributed by atoms with Gasteiger partial charge in [-0.25, -0.2) is 9.97 Å². The summed E-state index contributed by atoms with van der Waals surface area (Å²) in [5, 5.41) is 2.31. The number of aromatic nitrogens is 3. The van der Waals surface area contributed by atoms with Crippen LogP contribution in [0.25, 0.3) is 72.5 Å². The van der Waals surface area contributed by atoms with Crippen molar-refractivity contribution < 1.29 is 0 Å². The highest BCUT2D eigenvalue weighted by Gasteiger charge is 2.19. The van der Waals surface area contributed by atoms with Gasteiger partial charge < -0.3 is 4.57 Å². The molecule has 0 spiro atoms. The van der Waals surface area contributed by atoms with E-state index in [9.17, 15) is 0 Å². The zero-order valence-electron chi connectivity index (χ0n) is 23.4. The summed E-state index contributed by atoms with van der Waals surface area (Å²) >= 11 is 0. The molecule has 202 valence electrons. The van der Waals surface area contributed by atoms with Crippen molar-refractivity contribution in [3.8, 4) is 50.7 Å². The summed E-state index contributed by atoms with van der Waals surface area (Å²) in [7, 11) is 0. The third-order valence-electron chi connectivity index (χ3n) is 8.02. The minimum absolute atomic E-state index is 0.711. The molecular weight excluding hydrogens is 522 g/mol. The van der Waals surface area contributed by atoms with E-state index in [1.54, 1.807) is 0 Å². The molecule has 0 amide bonds. The Labute approximate surface area is 250 Å². The lowest BCUT2D eigenvalue weighted by Crippen LogP contribution is -1.97. The second-order valence-corrected chi connectivity index (χ2v) is 10.7. The van der Waals surface area contributed by atoms with Crippen LogP contribution in [0.3, 0.4) is 0 Å². The minimum Gasteiger partial charge on any atom is -0.309 e. The number of hydrogen-bond acceptors (Lipinski definition) is 2. The fourth-order valence-electron chi connectivity index (χ4n) is 6.00. The molecule has 43 heavy (non-hydrogen) atoms. The van der Waals surface area contributed by atoms with Crippen LogP contribution >= 0.6 is 0 Å². The van der Waals surface area contributed by atoms with Crippen molar-refractivity contribution in [2.24, 2.45) is 0 Å². The van der Waals surface area contributed by atoms with Gasteiger partial charge >= 0.3 is 0 Å². The van der Waals surface area contributed by atoms with Crippen LogP contribution in [0.2, 0.25) is 0 Å². The SMILES string of the molecule is c1ccc(-c2ccc3c(c2)c2c(-c4nc(-c5ccccc5)cc(-c5ccccc5)n4)cccc2n3-c2ccccc2)cc1. The van der Waals surface area contributed by atoms with Crippen LogP contribution in [0.1, 0.15) is 0 Å². The van der Waals surface area contributed by atoms with Crippen molar-refractivity contribution in [2.75, 3.05) is 0 Å². The molecule has 6 aromatic carbocycles. The van der Waals surface area contributed by atoms with Gasteiger partial charge in [-0.3, -0.25) is 0 Å². The van der Waals surface area contributed by atoms with Gasteiger partial charge in [-0.2, -0.15) is 0 Å². The normalized spacial score (nSPS) is 11.3. The van der Waals surface area contributed by atoms with Crippen LogP contribution in [0, 0.1) is 0 Å². The Morgan fingerprint density at radius 2 is 0.953 bits per heavy atom. The average Bonchev–Trinajstić information content (AvgIpc) is 3.43. The predicted molar refractivity (Wildman–Crippen MR) is 178 cm³/mol. The third kappa shape index (κ3) is 4.48. The van der Waals surface area contributed by atoms with E-state index in [0.717, 1.165) is 50.2 Å². The fourth-order valence-corrected chi connectivity index (χ4v) is 6.00. The molecule has 3 heteroatoms. The molecule has 0 aliphatic rings. The van der Waals surface area contributed by atoms with Crippen LogP contribution in [0.5, 0.6) is 0 Å². The number of nitrogens with zero attached hydrogens (tertiary/aromatic N) is 3. The predicted octanol–water partition coefficient (Wildman–Crippen LogP) is 10.2. The molecule has 8 aromatic rings. The first-order chi connectivity index (χ1) is 21.3. The smallest absolute Gasteiger partial charge is 0.161 e. The summed E-state index contributed by atoms with van der Waals surface area (Å²) in [5.41, 5.74) is 10.7. The van der Waals surface area contributed by atoms with Gasteiger partial charge in [-0.05, 0) is 47.5 Å². The first-order valence-corrected chi connectivity index (χ1v) is 14.5. The highest BCUT2D eigenvalue weighted by Crippen LogP contribution is 2.40. The molecule has 0 saturated heterocycles. The van der Waals surface area contributed by atoms with E-state index in [0.29, 0.717) is 5.82 Å². The van der Waals surface area contributed by atoms with Gasteiger partial charge in [0.25, 0.3) is 0 Å². The zero-order valence-corrected chi connectivity index (χ0v) is 23.4. The summed E-state index contributed by atoms with van der Waals surface area (Å²) in [6, 6.07) is 57.2. The quantitative estimate of drug-likeness (QED) is 0.214. The lowest BCUT2D eigenvalue weighted by Gasteiger charge is -2.11. The van der Waals surface area contributed by atoms with Gasteiger partial charge in [-0.15, -0.1) is 0 Å². The van der Waals surface area contributed by atoms with Gasteiger partial charge in [0.1, 0.15) is 0 Å². The van der Waals surface area contributed by atoms with E-state index in [1.165, 1.54) is 16.5 Å². The second-order valence-electron chi connectivity index (χ2n) is 10.7. The summed E-state index contributed by atoms with van der Waals surface area (Å²) < 4.78 is 2.35. The molecule has 0 N–H and O–H groups in total. The number of para-hydroxylation sites is 1. The Kier molecular flexibility index (Phi) is 6.12. The lowest BCUT2D eigenvalue weighted by atomic mass is 10.00. The van der Waals surface area contributed by atoms with E-state index in [4.69, 9.17) is 9.97 Å². The van der Waals surface area contributed by atoms with E-state index in [-0.39, 0.29) is 0 Å². The Hall–Kier alpha value is -5.80. The van der Waals surface area contributed by atoms with Gasteiger partial charge in [0.05, 0.1) is 22.4 Å². The zero-order chi connectivity index (χ0) is 28.6. The average molecular weight is 550 g/mol. The van der Waals surface area contributed by atoms with Gasteiger partial charge in [-0.1, -0.05) is 127 Å². The molecule has 0 fully saturated rings. The first-order valence-electron chi connectivity index (χ1n) is 14.5. The highest BCUT2D eigenvalue weighted by atomic mass is 15.0. The summed E-state index contributed by atoms with van der Waals surface area (Å²) in [4.78, 5) is 10.4. The van der Waals surface area contributed by atoms with Crippen molar-refractivity contribution in [1.29, 1.82) is 0 Å². The van der Waals surface area contributed by atoms with Crippen LogP contribution in [-0.2, 0) is 0 Å². The van der Waals surface area contributed by atoms with Crippen molar-refractivity contribution in [3.05, 3.63) is 164 Å². The Bertz CT molecular complexity index is 2140. The van der Waals surface area contributed by atoms with Crippen molar-refractivity contribution in [1.82, 2.24) is 14.5 Å². The van der Waals surface area contributed by atoms with Crippen molar-refractivity contribution in [3.63, 3.8) is 0 Å². The van der Waals surface area contributed by atoms with Crippen molar-refractivity contribution in [2.45, 2.75) is 0 Å². The molecule has 0 aliphatic heterocycles. The molecule has 2 aromatic heterocycles. The van der Waals surface area contributed by atoms with Gasteiger partial charge in [0.15, 0.2) is 5.82 Å². The molecule has 0 bridgehead atoms. The monoisotopic (exact) mass is 549 g/mol. The molecule has 3 nitrogen and oxygen atoms in total. The molecule has 2 heterocycles. The maximum absolute atomic E-state index is 5.20. The Balaban J connectivity index is 1.45. The lowest BCUT2D eigenvalue weighted by molar-refractivity contribution is 1.17. The number of benzene rings is 6. The molecule has 8 rings (SSSR count). The molecule has 0 unspecified atom stereocenters. The third-order valence-corrected chi connectivity index (χ3v) is 8.02.